The second-order valence-corrected chi connectivity index (χ2v) is 6.91. The Bertz CT molecular complexity index is 898. The lowest BCUT2D eigenvalue weighted by atomic mass is 10.1. The second-order valence-electron chi connectivity index (χ2n) is 6.91. The maximum Gasteiger partial charge on any atom is 0.276 e. The number of aromatic nitrogens is 2. The molecule has 134 valence electrons. The van der Waals surface area contributed by atoms with Crippen molar-refractivity contribution in [2.24, 2.45) is 0 Å². The number of hydrogen-bond acceptors (Lipinski definition) is 5. The standard InChI is InChI=1S/C20H21N3O3/c1-13(2)18-11-15(21-25-18)17-9-6-10-23(17)20(24)16-12-19(26-22-16)14-7-4-3-5-8-14/h3-5,7-8,11-13,17H,6,9-10H2,1-2H3. The van der Waals surface area contributed by atoms with Crippen LogP contribution >= 0.6 is 0 Å². The van der Waals surface area contributed by atoms with Gasteiger partial charge in [-0.15, -0.1) is 0 Å². The van der Waals surface area contributed by atoms with E-state index in [-0.39, 0.29) is 17.9 Å². The van der Waals surface area contributed by atoms with Crippen molar-refractivity contribution >= 4 is 5.91 Å². The molecule has 0 radical (unpaired) electrons. The summed E-state index contributed by atoms with van der Waals surface area (Å²) in [5, 5.41) is 8.17. The minimum Gasteiger partial charge on any atom is -0.361 e. The van der Waals surface area contributed by atoms with Gasteiger partial charge in [0.1, 0.15) is 11.5 Å². The van der Waals surface area contributed by atoms with Crippen LogP contribution in [0.15, 0.2) is 51.5 Å². The van der Waals surface area contributed by atoms with Gasteiger partial charge in [-0.2, -0.15) is 0 Å². The largest absolute Gasteiger partial charge is 0.361 e. The summed E-state index contributed by atoms with van der Waals surface area (Å²) in [5.41, 5.74) is 2.03. The summed E-state index contributed by atoms with van der Waals surface area (Å²) in [4.78, 5) is 14.8. The Morgan fingerprint density at radius 3 is 2.69 bits per heavy atom. The number of carbonyl (C=O) groups excluding carboxylic acids is 1. The summed E-state index contributed by atoms with van der Waals surface area (Å²) < 4.78 is 10.8. The molecule has 1 amide bonds. The molecule has 1 aliphatic rings. The van der Waals surface area contributed by atoms with Gasteiger partial charge in [0.25, 0.3) is 5.91 Å². The van der Waals surface area contributed by atoms with E-state index in [9.17, 15) is 4.79 Å². The van der Waals surface area contributed by atoms with Gasteiger partial charge >= 0.3 is 0 Å². The molecule has 3 aromatic rings. The predicted molar refractivity (Wildman–Crippen MR) is 95.5 cm³/mol. The van der Waals surface area contributed by atoms with E-state index in [0.29, 0.717) is 18.0 Å². The smallest absolute Gasteiger partial charge is 0.276 e. The third-order valence-electron chi connectivity index (χ3n) is 4.76. The average Bonchev–Trinajstić information content (AvgIpc) is 3.41. The average molecular weight is 351 g/mol. The molecule has 2 aromatic heterocycles. The number of hydrogen-bond donors (Lipinski definition) is 0. The van der Waals surface area contributed by atoms with Gasteiger partial charge in [0.2, 0.25) is 0 Å². The molecule has 1 fully saturated rings. The molecular weight excluding hydrogens is 330 g/mol. The van der Waals surface area contributed by atoms with Gasteiger partial charge in [0.15, 0.2) is 11.5 Å². The molecule has 6 nitrogen and oxygen atoms in total. The molecule has 0 spiro atoms. The van der Waals surface area contributed by atoms with Crippen LogP contribution in [0.3, 0.4) is 0 Å². The van der Waals surface area contributed by atoms with Gasteiger partial charge in [-0.25, -0.2) is 0 Å². The number of benzene rings is 1. The molecule has 1 aliphatic heterocycles. The highest BCUT2D eigenvalue weighted by Crippen LogP contribution is 2.34. The number of likely N-dealkylation sites (tertiary alicyclic amines) is 1. The molecule has 0 N–H and O–H groups in total. The molecule has 4 rings (SSSR count). The zero-order chi connectivity index (χ0) is 18.1. The molecule has 26 heavy (non-hydrogen) atoms. The maximum absolute atomic E-state index is 13.0. The minimum absolute atomic E-state index is 0.0735. The highest BCUT2D eigenvalue weighted by atomic mass is 16.5. The number of carbonyl (C=O) groups is 1. The van der Waals surface area contributed by atoms with E-state index in [4.69, 9.17) is 9.05 Å². The van der Waals surface area contributed by atoms with Gasteiger partial charge in [0.05, 0.1) is 6.04 Å². The Balaban J connectivity index is 1.56. The Morgan fingerprint density at radius 2 is 1.96 bits per heavy atom. The first kappa shape index (κ1) is 16.6. The van der Waals surface area contributed by atoms with Gasteiger partial charge in [-0.3, -0.25) is 4.79 Å². The van der Waals surface area contributed by atoms with Crippen LogP contribution in [0, 0.1) is 0 Å². The van der Waals surface area contributed by atoms with Crippen LogP contribution in [0.4, 0.5) is 0 Å². The van der Waals surface area contributed by atoms with Crippen molar-refractivity contribution in [1.29, 1.82) is 0 Å². The van der Waals surface area contributed by atoms with Gasteiger partial charge in [-0.05, 0) is 12.8 Å². The number of amides is 1. The van der Waals surface area contributed by atoms with Crippen molar-refractivity contribution in [3.05, 3.63) is 59.6 Å². The summed E-state index contributed by atoms with van der Waals surface area (Å²) >= 11 is 0. The summed E-state index contributed by atoms with van der Waals surface area (Å²) in [6.07, 6.45) is 1.81. The van der Waals surface area contributed by atoms with Crippen LogP contribution in [-0.4, -0.2) is 27.7 Å². The first-order valence-corrected chi connectivity index (χ1v) is 8.93. The monoisotopic (exact) mass is 351 g/mol. The van der Waals surface area contributed by atoms with Crippen molar-refractivity contribution in [3.8, 4) is 11.3 Å². The molecule has 1 saturated heterocycles. The maximum atomic E-state index is 13.0. The van der Waals surface area contributed by atoms with Crippen LogP contribution in [0.5, 0.6) is 0 Å². The van der Waals surface area contributed by atoms with Crippen molar-refractivity contribution in [2.75, 3.05) is 6.54 Å². The fourth-order valence-electron chi connectivity index (χ4n) is 3.31. The Labute approximate surface area is 151 Å². The van der Waals surface area contributed by atoms with Crippen molar-refractivity contribution in [3.63, 3.8) is 0 Å². The summed E-state index contributed by atoms with van der Waals surface area (Å²) in [6.45, 7) is 4.80. The second kappa shape index (κ2) is 6.78. The normalized spacial score (nSPS) is 17.2. The predicted octanol–water partition coefficient (Wildman–Crippen LogP) is 4.43. The molecule has 1 aromatic carbocycles. The van der Waals surface area contributed by atoms with Crippen LogP contribution < -0.4 is 0 Å². The van der Waals surface area contributed by atoms with Crippen molar-refractivity contribution in [2.45, 2.75) is 38.6 Å². The van der Waals surface area contributed by atoms with Gasteiger partial charge in [0, 0.05) is 30.2 Å². The van der Waals surface area contributed by atoms with E-state index in [1.54, 1.807) is 6.07 Å². The fraction of sp³-hybridized carbons (Fsp3) is 0.350. The SMILES string of the molecule is CC(C)c1cc(C2CCCN2C(=O)c2cc(-c3ccccc3)on2)no1. The third-order valence-corrected chi connectivity index (χ3v) is 4.76. The molecule has 1 atom stereocenters. The number of rotatable bonds is 4. The lowest BCUT2D eigenvalue weighted by Gasteiger charge is -2.21. The van der Waals surface area contributed by atoms with E-state index in [1.807, 2.05) is 41.3 Å². The van der Waals surface area contributed by atoms with Crippen LogP contribution in [0.2, 0.25) is 0 Å². The van der Waals surface area contributed by atoms with E-state index >= 15 is 0 Å². The van der Waals surface area contributed by atoms with Gasteiger partial charge < -0.3 is 13.9 Å². The lowest BCUT2D eigenvalue weighted by Crippen LogP contribution is -2.30. The van der Waals surface area contributed by atoms with Crippen molar-refractivity contribution < 1.29 is 13.8 Å². The molecule has 0 aliphatic carbocycles. The van der Waals surface area contributed by atoms with E-state index in [1.165, 1.54) is 0 Å². The van der Waals surface area contributed by atoms with Crippen LogP contribution in [0.1, 0.15) is 60.6 Å². The molecule has 6 heteroatoms. The van der Waals surface area contributed by atoms with Crippen LogP contribution in [-0.2, 0) is 0 Å². The molecule has 0 bridgehead atoms. The molecule has 3 heterocycles. The highest BCUT2D eigenvalue weighted by Gasteiger charge is 2.34. The Hall–Kier alpha value is -2.89. The van der Waals surface area contributed by atoms with Crippen molar-refractivity contribution in [1.82, 2.24) is 15.2 Å². The third kappa shape index (κ3) is 3.03. The summed E-state index contributed by atoms with van der Waals surface area (Å²) in [7, 11) is 0. The molecule has 1 unspecified atom stereocenters. The van der Waals surface area contributed by atoms with E-state index < -0.39 is 0 Å². The quantitative estimate of drug-likeness (QED) is 0.695. The lowest BCUT2D eigenvalue weighted by molar-refractivity contribution is 0.0720. The summed E-state index contributed by atoms with van der Waals surface area (Å²) in [5.74, 6) is 1.57. The summed E-state index contributed by atoms with van der Waals surface area (Å²) in [6, 6.07) is 13.2. The van der Waals surface area contributed by atoms with E-state index in [2.05, 4.69) is 24.2 Å². The number of nitrogens with zero attached hydrogens (tertiary/aromatic N) is 3. The highest BCUT2D eigenvalue weighted by molar-refractivity contribution is 5.93. The zero-order valence-corrected chi connectivity index (χ0v) is 14.9. The molecule has 0 saturated carbocycles. The fourth-order valence-corrected chi connectivity index (χ4v) is 3.31. The minimum atomic E-state index is -0.132. The van der Waals surface area contributed by atoms with E-state index in [0.717, 1.165) is 29.9 Å². The Morgan fingerprint density at radius 1 is 1.15 bits per heavy atom. The van der Waals surface area contributed by atoms with Gasteiger partial charge in [-0.1, -0.05) is 54.5 Å². The topological polar surface area (TPSA) is 72.4 Å². The first-order chi connectivity index (χ1) is 12.6. The van der Waals surface area contributed by atoms with Crippen LogP contribution in [0.25, 0.3) is 11.3 Å². The zero-order valence-electron chi connectivity index (χ0n) is 14.9. The molecular formula is C20H21N3O3. The Kier molecular flexibility index (Phi) is 4.32. The first-order valence-electron chi connectivity index (χ1n) is 8.93.